The largest absolute Gasteiger partial charge is 0.338 e. The van der Waals surface area contributed by atoms with Gasteiger partial charge in [-0.2, -0.15) is 0 Å². The van der Waals surface area contributed by atoms with Gasteiger partial charge in [-0.05, 0) is 36.2 Å². The van der Waals surface area contributed by atoms with Crippen molar-refractivity contribution in [1.29, 1.82) is 0 Å². The Morgan fingerprint density at radius 2 is 1.95 bits per heavy atom. The van der Waals surface area contributed by atoms with Crippen LogP contribution in [-0.4, -0.2) is 12.6 Å². The smallest absolute Gasteiger partial charge is 0.319 e. The van der Waals surface area contributed by atoms with E-state index in [1.165, 1.54) is 0 Å². The van der Waals surface area contributed by atoms with Crippen molar-refractivity contribution >= 4 is 23.3 Å². The summed E-state index contributed by atoms with van der Waals surface area (Å²) >= 11 is 5.85. The van der Waals surface area contributed by atoms with Gasteiger partial charge >= 0.3 is 6.03 Å². The minimum absolute atomic E-state index is 0.199. The van der Waals surface area contributed by atoms with Crippen molar-refractivity contribution in [2.45, 2.75) is 6.42 Å². The molecule has 2 N–H and O–H groups in total. The number of halogens is 3. The van der Waals surface area contributed by atoms with Gasteiger partial charge in [0.2, 0.25) is 0 Å². The summed E-state index contributed by atoms with van der Waals surface area (Å²) in [7, 11) is 0. The third-order valence-corrected chi connectivity index (χ3v) is 3.00. The SMILES string of the molecule is O=C(NCCc1cccc(Cl)c1)Nc1cc(F)ccc1F. The van der Waals surface area contributed by atoms with Gasteiger partial charge < -0.3 is 10.6 Å². The Morgan fingerprint density at radius 3 is 2.71 bits per heavy atom. The fraction of sp³-hybridized carbons (Fsp3) is 0.133. The van der Waals surface area contributed by atoms with Crippen LogP contribution in [0, 0.1) is 11.6 Å². The van der Waals surface area contributed by atoms with Crippen LogP contribution in [0.5, 0.6) is 0 Å². The summed E-state index contributed by atoms with van der Waals surface area (Å²) < 4.78 is 26.3. The van der Waals surface area contributed by atoms with Crippen LogP contribution in [0.25, 0.3) is 0 Å². The lowest BCUT2D eigenvalue weighted by molar-refractivity contribution is 0.252. The minimum atomic E-state index is -0.693. The summed E-state index contributed by atoms with van der Waals surface area (Å²) in [5.41, 5.74) is 0.773. The van der Waals surface area contributed by atoms with Gasteiger partial charge in [0.15, 0.2) is 0 Å². The third-order valence-electron chi connectivity index (χ3n) is 2.76. The first-order chi connectivity index (χ1) is 10.0. The molecule has 0 spiro atoms. The van der Waals surface area contributed by atoms with Crippen LogP contribution in [0.15, 0.2) is 42.5 Å². The molecule has 0 heterocycles. The molecular formula is C15H13ClF2N2O. The Morgan fingerprint density at radius 1 is 1.14 bits per heavy atom. The van der Waals surface area contributed by atoms with E-state index < -0.39 is 17.7 Å². The molecule has 0 aliphatic heterocycles. The standard InChI is InChI=1S/C15H13ClF2N2O/c16-11-3-1-2-10(8-11)6-7-19-15(21)20-14-9-12(17)4-5-13(14)18/h1-5,8-9H,6-7H2,(H2,19,20,21). The molecule has 2 rings (SSSR count). The zero-order valence-corrected chi connectivity index (χ0v) is 11.8. The zero-order chi connectivity index (χ0) is 15.2. The molecule has 21 heavy (non-hydrogen) atoms. The number of nitrogens with one attached hydrogen (secondary N) is 2. The third kappa shape index (κ3) is 4.72. The van der Waals surface area contributed by atoms with E-state index in [4.69, 9.17) is 11.6 Å². The average molecular weight is 311 g/mol. The number of hydrogen-bond donors (Lipinski definition) is 2. The molecule has 0 aliphatic carbocycles. The van der Waals surface area contributed by atoms with Gasteiger partial charge in [0.1, 0.15) is 11.6 Å². The number of carbonyl (C=O) groups is 1. The molecule has 0 aliphatic rings. The molecule has 0 radical (unpaired) electrons. The molecule has 0 bridgehead atoms. The molecule has 2 aromatic carbocycles. The fourth-order valence-electron chi connectivity index (χ4n) is 1.77. The molecule has 6 heteroatoms. The normalized spacial score (nSPS) is 10.2. The highest BCUT2D eigenvalue weighted by molar-refractivity contribution is 6.30. The Balaban J connectivity index is 1.84. The van der Waals surface area contributed by atoms with Crippen LogP contribution in [0.1, 0.15) is 5.56 Å². The predicted molar refractivity (Wildman–Crippen MR) is 78.5 cm³/mol. The number of anilines is 1. The van der Waals surface area contributed by atoms with Crippen LogP contribution in [0.4, 0.5) is 19.3 Å². The Labute approximate surface area is 125 Å². The summed E-state index contributed by atoms with van der Waals surface area (Å²) in [5, 5.41) is 5.44. The Hall–Kier alpha value is -2.14. The van der Waals surface area contributed by atoms with Crippen molar-refractivity contribution in [3.05, 3.63) is 64.7 Å². The van der Waals surface area contributed by atoms with Crippen molar-refractivity contribution in [3.8, 4) is 0 Å². The highest BCUT2D eigenvalue weighted by Gasteiger charge is 2.07. The highest BCUT2D eigenvalue weighted by Crippen LogP contribution is 2.15. The highest BCUT2D eigenvalue weighted by atomic mass is 35.5. The first-order valence-electron chi connectivity index (χ1n) is 6.29. The first kappa shape index (κ1) is 15.3. The maximum Gasteiger partial charge on any atom is 0.319 e. The summed E-state index contributed by atoms with van der Waals surface area (Å²) in [4.78, 5) is 11.6. The van der Waals surface area contributed by atoms with Gasteiger partial charge in [0.25, 0.3) is 0 Å². The molecule has 2 aromatic rings. The predicted octanol–water partition coefficient (Wildman–Crippen LogP) is 3.98. The van der Waals surface area contributed by atoms with Crippen LogP contribution < -0.4 is 10.6 Å². The van der Waals surface area contributed by atoms with Gasteiger partial charge in [-0.3, -0.25) is 0 Å². The first-order valence-corrected chi connectivity index (χ1v) is 6.67. The van der Waals surface area contributed by atoms with E-state index in [0.29, 0.717) is 18.0 Å². The van der Waals surface area contributed by atoms with Crippen LogP contribution >= 0.6 is 11.6 Å². The monoisotopic (exact) mass is 310 g/mol. The number of urea groups is 1. The van der Waals surface area contributed by atoms with E-state index in [9.17, 15) is 13.6 Å². The molecule has 0 aromatic heterocycles. The van der Waals surface area contributed by atoms with Gasteiger partial charge in [0, 0.05) is 17.6 Å². The van der Waals surface area contributed by atoms with Crippen LogP contribution in [0.2, 0.25) is 5.02 Å². The van der Waals surface area contributed by atoms with E-state index in [-0.39, 0.29) is 5.69 Å². The van der Waals surface area contributed by atoms with Crippen LogP contribution in [0.3, 0.4) is 0 Å². The maximum atomic E-state index is 13.3. The minimum Gasteiger partial charge on any atom is -0.338 e. The number of carbonyl (C=O) groups excluding carboxylic acids is 1. The van der Waals surface area contributed by atoms with E-state index in [1.807, 2.05) is 12.1 Å². The molecule has 3 nitrogen and oxygen atoms in total. The Bertz CT molecular complexity index is 649. The summed E-state index contributed by atoms with van der Waals surface area (Å²) in [6, 6.07) is 9.53. The number of benzene rings is 2. The van der Waals surface area contributed by atoms with Crippen molar-refractivity contribution < 1.29 is 13.6 Å². The fourth-order valence-corrected chi connectivity index (χ4v) is 1.99. The van der Waals surface area contributed by atoms with E-state index in [0.717, 1.165) is 23.8 Å². The zero-order valence-electron chi connectivity index (χ0n) is 11.0. The summed E-state index contributed by atoms with van der Waals surface area (Å²) in [6.07, 6.45) is 0.583. The lowest BCUT2D eigenvalue weighted by atomic mass is 10.1. The summed E-state index contributed by atoms with van der Waals surface area (Å²) in [5.74, 6) is -1.31. The molecule has 0 atom stereocenters. The molecule has 110 valence electrons. The second-order valence-electron chi connectivity index (χ2n) is 4.38. The maximum absolute atomic E-state index is 13.3. The van der Waals surface area contributed by atoms with Crippen molar-refractivity contribution in [1.82, 2.24) is 5.32 Å². The second-order valence-corrected chi connectivity index (χ2v) is 4.82. The van der Waals surface area contributed by atoms with Gasteiger partial charge in [-0.15, -0.1) is 0 Å². The van der Waals surface area contributed by atoms with Crippen molar-refractivity contribution in [2.75, 3.05) is 11.9 Å². The lowest BCUT2D eigenvalue weighted by Crippen LogP contribution is -2.30. The van der Waals surface area contributed by atoms with Gasteiger partial charge in [-0.25, -0.2) is 13.6 Å². The van der Waals surface area contributed by atoms with Gasteiger partial charge in [-0.1, -0.05) is 23.7 Å². The molecule has 2 amide bonds. The van der Waals surface area contributed by atoms with Gasteiger partial charge in [0.05, 0.1) is 5.69 Å². The average Bonchev–Trinajstić information content (AvgIpc) is 2.43. The van der Waals surface area contributed by atoms with Crippen molar-refractivity contribution in [2.24, 2.45) is 0 Å². The molecule has 0 saturated carbocycles. The van der Waals surface area contributed by atoms with Crippen LogP contribution in [-0.2, 0) is 6.42 Å². The second kappa shape index (κ2) is 7.04. The topological polar surface area (TPSA) is 41.1 Å². The summed E-state index contributed by atoms with van der Waals surface area (Å²) in [6.45, 7) is 0.350. The lowest BCUT2D eigenvalue weighted by Gasteiger charge is -2.08. The van der Waals surface area contributed by atoms with E-state index in [1.54, 1.807) is 12.1 Å². The molecule has 0 saturated heterocycles. The van der Waals surface area contributed by atoms with E-state index >= 15 is 0 Å². The quantitative estimate of drug-likeness (QED) is 0.881. The molecule has 0 fully saturated rings. The van der Waals surface area contributed by atoms with E-state index in [2.05, 4.69) is 10.6 Å². The van der Waals surface area contributed by atoms with Crippen molar-refractivity contribution in [3.63, 3.8) is 0 Å². The molecular weight excluding hydrogens is 298 g/mol. The number of amides is 2. The number of hydrogen-bond acceptors (Lipinski definition) is 1. The number of rotatable bonds is 4. The Kier molecular flexibility index (Phi) is 5.11. The molecule has 0 unspecified atom stereocenters.